The van der Waals surface area contributed by atoms with E-state index < -0.39 is 5.54 Å². The number of carbonyl (C=O) groups is 3. The van der Waals surface area contributed by atoms with Crippen molar-refractivity contribution in [3.05, 3.63) is 0 Å². The highest BCUT2D eigenvalue weighted by molar-refractivity contribution is 6.09. The lowest BCUT2D eigenvalue weighted by atomic mass is 9.86. The highest BCUT2D eigenvalue weighted by atomic mass is 16.2. The van der Waals surface area contributed by atoms with Gasteiger partial charge in [0, 0.05) is 13.0 Å². The van der Waals surface area contributed by atoms with Crippen LogP contribution in [-0.2, 0) is 9.59 Å². The largest absolute Gasteiger partial charge is 0.327 e. The van der Waals surface area contributed by atoms with E-state index in [2.05, 4.69) is 6.92 Å². The summed E-state index contributed by atoms with van der Waals surface area (Å²) in [5, 5.41) is 0. The summed E-state index contributed by atoms with van der Waals surface area (Å²) in [7, 11) is 1.70. The molecule has 5 heteroatoms. The molecule has 2 aliphatic rings. The van der Waals surface area contributed by atoms with Gasteiger partial charge in [0.15, 0.2) is 5.78 Å². The number of urea groups is 1. The van der Waals surface area contributed by atoms with Crippen molar-refractivity contribution in [2.75, 3.05) is 13.6 Å². The number of likely N-dealkylation sites (N-methyl/N-ethyl adjacent to an activating group) is 1. The molecule has 2 fully saturated rings. The molecule has 5 nitrogen and oxygen atoms in total. The molecule has 1 heterocycles. The molecule has 3 amide bonds. The maximum absolute atomic E-state index is 13.0. The van der Waals surface area contributed by atoms with Crippen LogP contribution in [0.5, 0.6) is 0 Å². The average Bonchev–Trinajstić information content (AvgIpc) is 3.11. The lowest BCUT2D eigenvalue weighted by molar-refractivity contribution is -0.136. The molecule has 2 rings (SSSR count). The molecule has 1 aliphatic carbocycles. The fourth-order valence-electron chi connectivity index (χ4n) is 4.28. The van der Waals surface area contributed by atoms with Crippen molar-refractivity contribution in [2.45, 2.75) is 77.7 Å². The van der Waals surface area contributed by atoms with Gasteiger partial charge in [-0.05, 0) is 32.1 Å². The number of ketones is 1. The number of carbonyl (C=O) groups excluding carboxylic acids is 3. The summed E-state index contributed by atoms with van der Waals surface area (Å²) in [4.78, 5) is 40.8. The number of Topliss-reactive ketones (excluding diaryl/α,β-unsaturated/α-hetero) is 1. The number of amides is 3. The van der Waals surface area contributed by atoms with Crippen molar-refractivity contribution in [1.29, 1.82) is 0 Å². The van der Waals surface area contributed by atoms with Crippen molar-refractivity contribution in [3.63, 3.8) is 0 Å². The van der Waals surface area contributed by atoms with E-state index in [0.717, 1.165) is 32.1 Å². The number of nitrogens with zero attached hydrogens (tertiary/aromatic N) is 2. The summed E-state index contributed by atoms with van der Waals surface area (Å²) in [6.07, 6.45) is 7.93. The fourth-order valence-corrected chi connectivity index (χ4v) is 4.28. The Morgan fingerprint density at radius 3 is 2.42 bits per heavy atom. The van der Waals surface area contributed by atoms with Gasteiger partial charge in [0.2, 0.25) is 0 Å². The molecular weight excluding hydrogens is 304 g/mol. The number of hydrogen-bond donors (Lipinski definition) is 0. The third-order valence-electron chi connectivity index (χ3n) is 6.02. The normalized spacial score (nSPS) is 26.5. The summed E-state index contributed by atoms with van der Waals surface area (Å²) >= 11 is 0. The molecule has 2 atom stereocenters. The first kappa shape index (κ1) is 18.9. The predicted molar refractivity (Wildman–Crippen MR) is 93.5 cm³/mol. The monoisotopic (exact) mass is 336 g/mol. The molecule has 1 saturated heterocycles. The first-order valence-corrected chi connectivity index (χ1v) is 9.47. The minimum atomic E-state index is -0.793. The van der Waals surface area contributed by atoms with Gasteiger partial charge in [-0.3, -0.25) is 14.5 Å². The van der Waals surface area contributed by atoms with Crippen molar-refractivity contribution < 1.29 is 14.4 Å². The smallest absolute Gasteiger partial charge is 0.313 e. The van der Waals surface area contributed by atoms with Gasteiger partial charge >= 0.3 is 6.03 Å². The first-order valence-electron chi connectivity index (χ1n) is 9.47. The van der Waals surface area contributed by atoms with Crippen molar-refractivity contribution >= 4 is 17.7 Å². The van der Waals surface area contributed by atoms with E-state index in [1.807, 2.05) is 13.8 Å². The van der Waals surface area contributed by atoms with Gasteiger partial charge in [-0.2, -0.15) is 0 Å². The van der Waals surface area contributed by atoms with E-state index in [1.54, 1.807) is 11.9 Å². The van der Waals surface area contributed by atoms with Gasteiger partial charge in [-0.1, -0.05) is 46.0 Å². The van der Waals surface area contributed by atoms with Crippen LogP contribution in [0.1, 0.15) is 72.1 Å². The molecule has 0 bridgehead atoms. The third-order valence-corrected chi connectivity index (χ3v) is 6.02. The standard InChI is InChI=1S/C19H32N2O3/c1-5-9-15(6-2)16(22)13-21-17(23)19(3,20(4)18(21)24)12-14-10-7-8-11-14/h14-15H,5-13H2,1-4H3. The van der Waals surface area contributed by atoms with E-state index in [9.17, 15) is 14.4 Å². The maximum atomic E-state index is 13.0. The SMILES string of the molecule is CCCC(CC)C(=O)CN1C(=O)N(C)C(C)(CC2CCCC2)C1=O. The molecule has 0 aromatic carbocycles. The Hall–Kier alpha value is -1.39. The zero-order chi connectivity index (χ0) is 17.9. The van der Waals surface area contributed by atoms with Gasteiger partial charge in [0.05, 0.1) is 6.54 Å². The Labute approximate surface area is 145 Å². The minimum Gasteiger partial charge on any atom is -0.313 e. The number of imide groups is 1. The van der Waals surface area contributed by atoms with Crippen LogP contribution in [0.15, 0.2) is 0 Å². The van der Waals surface area contributed by atoms with Gasteiger partial charge in [0.1, 0.15) is 5.54 Å². The second-order valence-electron chi connectivity index (χ2n) is 7.72. The van der Waals surface area contributed by atoms with E-state index in [1.165, 1.54) is 17.7 Å². The van der Waals surface area contributed by atoms with Gasteiger partial charge in [-0.25, -0.2) is 4.79 Å². The fraction of sp³-hybridized carbons (Fsp3) is 0.842. The molecule has 0 radical (unpaired) electrons. The highest BCUT2D eigenvalue weighted by Crippen LogP contribution is 2.38. The molecule has 24 heavy (non-hydrogen) atoms. The highest BCUT2D eigenvalue weighted by Gasteiger charge is 2.53. The Kier molecular flexibility index (Phi) is 6.05. The molecule has 0 N–H and O–H groups in total. The zero-order valence-corrected chi connectivity index (χ0v) is 15.6. The molecule has 0 aromatic rings. The molecule has 136 valence electrons. The Morgan fingerprint density at radius 1 is 1.25 bits per heavy atom. The molecule has 0 spiro atoms. The van der Waals surface area contributed by atoms with Gasteiger partial charge in [-0.15, -0.1) is 0 Å². The molecular formula is C19H32N2O3. The quantitative estimate of drug-likeness (QED) is 0.636. The van der Waals surface area contributed by atoms with Crippen molar-refractivity contribution in [2.24, 2.45) is 11.8 Å². The van der Waals surface area contributed by atoms with E-state index in [4.69, 9.17) is 0 Å². The van der Waals surface area contributed by atoms with Crippen molar-refractivity contribution in [1.82, 2.24) is 9.80 Å². The number of rotatable bonds is 8. The van der Waals surface area contributed by atoms with Crippen LogP contribution < -0.4 is 0 Å². The van der Waals surface area contributed by atoms with E-state index in [-0.39, 0.29) is 30.2 Å². The second-order valence-corrected chi connectivity index (χ2v) is 7.72. The number of hydrogen-bond acceptors (Lipinski definition) is 3. The molecule has 1 aliphatic heterocycles. The Morgan fingerprint density at radius 2 is 1.88 bits per heavy atom. The second kappa shape index (κ2) is 7.66. The summed E-state index contributed by atoms with van der Waals surface area (Å²) in [5.41, 5.74) is -0.793. The van der Waals surface area contributed by atoms with Crippen LogP contribution >= 0.6 is 0 Å². The van der Waals surface area contributed by atoms with Crippen LogP contribution in [0.2, 0.25) is 0 Å². The van der Waals surface area contributed by atoms with Gasteiger partial charge < -0.3 is 4.90 Å². The van der Waals surface area contributed by atoms with Gasteiger partial charge in [0.25, 0.3) is 5.91 Å². The third kappa shape index (κ3) is 3.50. The van der Waals surface area contributed by atoms with Crippen LogP contribution in [-0.4, -0.2) is 46.7 Å². The zero-order valence-electron chi connectivity index (χ0n) is 15.6. The average molecular weight is 336 g/mol. The lowest BCUT2D eigenvalue weighted by Gasteiger charge is -2.31. The van der Waals surface area contributed by atoms with Crippen molar-refractivity contribution in [3.8, 4) is 0 Å². The predicted octanol–water partition coefficient (Wildman–Crippen LogP) is 3.61. The Bertz CT molecular complexity index is 499. The van der Waals surface area contributed by atoms with Crippen LogP contribution in [0, 0.1) is 11.8 Å². The Balaban J connectivity index is 2.10. The molecule has 1 saturated carbocycles. The van der Waals surface area contributed by atoms with E-state index in [0.29, 0.717) is 12.3 Å². The lowest BCUT2D eigenvalue weighted by Crippen LogP contribution is -2.46. The topological polar surface area (TPSA) is 57.7 Å². The summed E-state index contributed by atoms with van der Waals surface area (Å²) in [5.74, 6) is 0.275. The minimum absolute atomic E-state index is 0.0135. The summed E-state index contributed by atoms with van der Waals surface area (Å²) in [6, 6.07) is -0.319. The van der Waals surface area contributed by atoms with Crippen LogP contribution in [0.4, 0.5) is 4.79 Å². The van der Waals surface area contributed by atoms with Crippen LogP contribution in [0.25, 0.3) is 0 Å². The van der Waals surface area contributed by atoms with Crippen LogP contribution in [0.3, 0.4) is 0 Å². The summed E-state index contributed by atoms with van der Waals surface area (Å²) < 4.78 is 0. The molecule has 2 unspecified atom stereocenters. The first-order chi connectivity index (χ1) is 11.3. The summed E-state index contributed by atoms with van der Waals surface area (Å²) in [6.45, 7) is 5.83. The molecule has 0 aromatic heterocycles. The van der Waals surface area contributed by atoms with E-state index >= 15 is 0 Å². The maximum Gasteiger partial charge on any atom is 0.327 e.